The van der Waals surface area contributed by atoms with Crippen LogP contribution in [-0.4, -0.2) is 86.7 Å². The van der Waals surface area contributed by atoms with Crippen molar-refractivity contribution in [2.24, 2.45) is 11.7 Å². The van der Waals surface area contributed by atoms with Gasteiger partial charge in [-0.3, -0.25) is 19.2 Å². The molecule has 0 radical (unpaired) electrons. The van der Waals surface area contributed by atoms with Crippen LogP contribution in [0.5, 0.6) is 0 Å². The quantitative estimate of drug-likeness (QED) is 0.214. The molecule has 0 spiro atoms. The Morgan fingerprint density at radius 2 is 1.68 bits per heavy atom. The Bertz CT molecular complexity index is 696. The zero-order valence-electron chi connectivity index (χ0n) is 17.9. The number of nitrogens with two attached hydrogens (primary N) is 1. The van der Waals surface area contributed by atoms with Gasteiger partial charge in [-0.15, -0.1) is 0 Å². The molecular formula is C19H32N4O8. The SMILES string of the molecule is CC(C)C(NC(=O)C(NC(=O)C1CCCN1C(=O)C(N)CCC(=O)O)C(C)O)C(=O)O. The Morgan fingerprint density at radius 3 is 2.16 bits per heavy atom. The van der Waals surface area contributed by atoms with Crippen LogP contribution in [0.15, 0.2) is 0 Å². The summed E-state index contributed by atoms with van der Waals surface area (Å²) in [5.41, 5.74) is 5.77. The number of nitrogens with zero attached hydrogens (tertiary/aromatic N) is 1. The molecule has 1 rings (SSSR count). The van der Waals surface area contributed by atoms with Crippen molar-refractivity contribution in [3.8, 4) is 0 Å². The van der Waals surface area contributed by atoms with Gasteiger partial charge in [0.1, 0.15) is 18.1 Å². The third-order valence-electron chi connectivity index (χ3n) is 5.12. The third-order valence-corrected chi connectivity index (χ3v) is 5.12. The van der Waals surface area contributed by atoms with E-state index in [0.717, 1.165) is 0 Å². The molecule has 7 N–H and O–H groups in total. The molecule has 0 aromatic carbocycles. The highest BCUT2D eigenvalue weighted by molar-refractivity contribution is 5.94. The summed E-state index contributed by atoms with van der Waals surface area (Å²) >= 11 is 0. The van der Waals surface area contributed by atoms with Gasteiger partial charge >= 0.3 is 11.9 Å². The number of aliphatic carboxylic acids is 2. The molecule has 1 saturated heterocycles. The lowest BCUT2D eigenvalue weighted by atomic mass is 10.0. The Morgan fingerprint density at radius 1 is 1.06 bits per heavy atom. The van der Waals surface area contributed by atoms with Crippen LogP contribution in [0, 0.1) is 5.92 Å². The van der Waals surface area contributed by atoms with Crippen molar-refractivity contribution in [2.75, 3.05) is 6.54 Å². The minimum absolute atomic E-state index is 0.0799. The van der Waals surface area contributed by atoms with Gasteiger partial charge in [0.05, 0.1) is 12.1 Å². The van der Waals surface area contributed by atoms with Gasteiger partial charge in [0.15, 0.2) is 0 Å². The molecule has 5 unspecified atom stereocenters. The molecule has 3 amide bonds. The number of rotatable bonds is 11. The van der Waals surface area contributed by atoms with Crippen LogP contribution in [0.4, 0.5) is 0 Å². The number of carbonyl (C=O) groups is 5. The first-order valence-corrected chi connectivity index (χ1v) is 10.2. The smallest absolute Gasteiger partial charge is 0.326 e. The lowest BCUT2D eigenvalue weighted by molar-refractivity contribution is -0.145. The summed E-state index contributed by atoms with van der Waals surface area (Å²) in [4.78, 5) is 61.1. The number of hydrogen-bond donors (Lipinski definition) is 6. The van der Waals surface area contributed by atoms with Gasteiger partial charge in [0.25, 0.3) is 0 Å². The van der Waals surface area contributed by atoms with E-state index >= 15 is 0 Å². The maximum Gasteiger partial charge on any atom is 0.326 e. The molecule has 176 valence electrons. The predicted molar refractivity (Wildman–Crippen MR) is 108 cm³/mol. The molecule has 12 heteroatoms. The molecule has 5 atom stereocenters. The number of likely N-dealkylation sites (tertiary alicyclic amines) is 1. The van der Waals surface area contributed by atoms with Crippen LogP contribution in [0.2, 0.25) is 0 Å². The molecule has 0 aliphatic carbocycles. The van der Waals surface area contributed by atoms with Crippen molar-refractivity contribution in [1.82, 2.24) is 15.5 Å². The van der Waals surface area contributed by atoms with E-state index in [1.807, 2.05) is 0 Å². The van der Waals surface area contributed by atoms with Crippen LogP contribution in [0.3, 0.4) is 0 Å². The largest absolute Gasteiger partial charge is 0.481 e. The molecular weight excluding hydrogens is 412 g/mol. The van der Waals surface area contributed by atoms with Crippen molar-refractivity contribution in [2.45, 2.75) is 76.7 Å². The minimum Gasteiger partial charge on any atom is -0.481 e. The molecule has 1 fully saturated rings. The Hall–Kier alpha value is -2.73. The van der Waals surface area contributed by atoms with E-state index in [2.05, 4.69) is 10.6 Å². The summed E-state index contributed by atoms with van der Waals surface area (Å²) < 4.78 is 0. The fourth-order valence-electron chi connectivity index (χ4n) is 3.33. The number of aliphatic hydroxyl groups excluding tert-OH is 1. The monoisotopic (exact) mass is 444 g/mol. The first-order chi connectivity index (χ1) is 14.4. The van der Waals surface area contributed by atoms with E-state index in [1.165, 1.54) is 11.8 Å². The molecule has 31 heavy (non-hydrogen) atoms. The number of nitrogens with one attached hydrogen (secondary N) is 2. The van der Waals surface area contributed by atoms with Gasteiger partial charge in [0.2, 0.25) is 17.7 Å². The zero-order valence-corrected chi connectivity index (χ0v) is 17.9. The van der Waals surface area contributed by atoms with E-state index in [9.17, 15) is 34.2 Å². The van der Waals surface area contributed by atoms with E-state index in [1.54, 1.807) is 13.8 Å². The van der Waals surface area contributed by atoms with Crippen molar-refractivity contribution in [3.63, 3.8) is 0 Å². The lowest BCUT2D eigenvalue weighted by Gasteiger charge is -2.29. The number of carboxylic acids is 2. The molecule has 1 aliphatic heterocycles. The van der Waals surface area contributed by atoms with E-state index < -0.39 is 65.8 Å². The number of amides is 3. The van der Waals surface area contributed by atoms with Gasteiger partial charge in [-0.2, -0.15) is 0 Å². The fraction of sp³-hybridized carbons (Fsp3) is 0.737. The summed E-state index contributed by atoms with van der Waals surface area (Å²) in [6, 6.07) is -4.64. The predicted octanol–water partition coefficient (Wildman–Crippen LogP) is -1.74. The first kappa shape index (κ1) is 26.3. The molecule has 1 heterocycles. The summed E-state index contributed by atoms with van der Waals surface area (Å²) in [6.45, 7) is 4.72. The molecule has 1 aliphatic rings. The highest BCUT2D eigenvalue weighted by atomic mass is 16.4. The van der Waals surface area contributed by atoms with Gasteiger partial charge in [0, 0.05) is 13.0 Å². The van der Waals surface area contributed by atoms with E-state index in [-0.39, 0.29) is 19.4 Å². The van der Waals surface area contributed by atoms with Gasteiger partial charge < -0.3 is 36.6 Å². The van der Waals surface area contributed by atoms with Gasteiger partial charge in [-0.25, -0.2) is 4.79 Å². The van der Waals surface area contributed by atoms with Crippen LogP contribution in [-0.2, 0) is 24.0 Å². The second kappa shape index (κ2) is 11.6. The topological polar surface area (TPSA) is 199 Å². The number of carbonyl (C=O) groups excluding carboxylic acids is 3. The fourth-order valence-corrected chi connectivity index (χ4v) is 3.33. The Kier molecular flexibility index (Phi) is 9.85. The van der Waals surface area contributed by atoms with E-state index in [0.29, 0.717) is 12.8 Å². The Balaban J connectivity index is 2.86. The van der Waals surface area contributed by atoms with Crippen molar-refractivity contribution in [3.05, 3.63) is 0 Å². The lowest BCUT2D eigenvalue weighted by Crippen LogP contribution is -2.60. The number of hydrogen-bond acceptors (Lipinski definition) is 7. The second-order valence-electron chi connectivity index (χ2n) is 8.02. The van der Waals surface area contributed by atoms with Crippen molar-refractivity contribution >= 4 is 29.7 Å². The maximum absolute atomic E-state index is 12.8. The van der Waals surface area contributed by atoms with Crippen molar-refractivity contribution < 1.29 is 39.3 Å². The van der Waals surface area contributed by atoms with Crippen LogP contribution in [0.1, 0.15) is 46.5 Å². The highest BCUT2D eigenvalue weighted by Gasteiger charge is 2.39. The van der Waals surface area contributed by atoms with Crippen molar-refractivity contribution in [1.29, 1.82) is 0 Å². The van der Waals surface area contributed by atoms with Crippen LogP contribution >= 0.6 is 0 Å². The number of aliphatic hydroxyl groups is 1. The molecule has 0 saturated carbocycles. The molecule has 12 nitrogen and oxygen atoms in total. The maximum atomic E-state index is 12.8. The third kappa shape index (κ3) is 7.47. The second-order valence-corrected chi connectivity index (χ2v) is 8.02. The summed E-state index contributed by atoms with van der Waals surface area (Å²) in [5.74, 6) is -4.88. The van der Waals surface area contributed by atoms with E-state index in [4.69, 9.17) is 10.8 Å². The average Bonchev–Trinajstić information content (AvgIpc) is 3.16. The van der Waals surface area contributed by atoms with Crippen LogP contribution < -0.4 is 16.4 Å². The number of carboxylic acid groups (broad SMARTS) is 2. The standard InChI is InChI=1S/C19H32N4O8/c1-9(2)14(19(30)31)21-17(28)15(10(3)24)22-16(27)12-5-4-8-23(12)18(29)11(20)6-7-13(25)26/h9-12,14-15,24H,4-8,20H2,1-3H3,(H,21,28)(H,22,27)(H,25,26)(H,30,31). The summed E-state index contributed by atoms with van der Waals surface area (Å²) in [5, 5.41) is 32.6. The average molecular weight is 444 g/mol. The van der Waals surface area contributed by atoms with Gasteiger partial charge in [-0.1, -0.05) is 13.8 Å². The molecule has 0 bridgehead atoms. The zero-order chi connectivity index (χ0) is 23.9. The van der Waals surface area contributed by atoms with Gasteiger partial charge in [-0.05, 0) is 32.1 Å². The summed E-state index contributed by atoms with van der Waals surface area (Å²) in [7, 11) is 0. The Labute approximate surface area is 180 Å². The normalized spacial score (nSPS) is 19.9. The first-order valence-electron chi connectivity index (χ1n) is 10.2. The van der Waals surface area contributed by atoms with Crippen LogP contribution in [0.25, 0.3) is 0 Å². The highest BCUT2D eigenvalue weighted by Crippen LogP contribution is 2.19. The molecule has 0 aromatic heterocycles. The minimum atomic E-state index is -1.42. The molecule has 0 aromatic rings. The summed E-state index contributed by atoms with van der Waals surface area (Å²) in [6.07, 6.45) is -0.878.